The van der Waals surface area contributed by atoms with Crippen LogP contribution in [0.1, 0.15) is 12.5 Å². The molecule has 2 amide bonds. The third kappa shape index (κ3) is 3.20. The lowest BCUT2D eigenvalue weighted by atomic mass is 10.1. The molecule has 2 heterocycles. The Bertz CT molecular complexity index is 694. The quantitative estimate of drug-likeness (QED) is 0.784. The predicted octanol–water partition coefficient (Wildman–Crippen LogP) is 0.830. The first-order valence-corrected chi connectivity index (χ1v) is 8.17. The Hall–Kier alpha value is -2.19. The van der Waals surface area contributed by atoms with Crippen molar-refractivity contribution in [1.82, 2.24) is 5.32 Å². The number of carbonyl (C=O) groups is 2. The lowest BCUT2D eigenvalue weighted by molar-refractivity contribution is -0.121. The van der Waals surface area contributed by atoms with Crippen molar-refractivity contribution in [1.29, 1.82) is 0 Å². The zero-order valence-corrected chi connectivity index (χ0v) is 14.1. The van der Waals surface area contributed by atoms with Crippen LogP contribution < -0.4 is 15.1 Å². The van der Waals surface area contributed by atoms with E-state index in [-0.39, 0.29) is 18.1 Å². The van der Waals surface area contributed by atoms with E-state index in [2.05, 4.69) is 5.32 Å². The average molecular weight is 349 g/mol. The smallest absolute Gasteiger partial charge is 0.414 e. The Morgan fingerprint density at radius 1 is 1.50 bits per heavy atom. The summed E-state index contributed by atoms with van der Waals surface area (Å²) in [7, 11) is 0. The Balaban J connectivity index is 1.73. The van der Waals surface area contributed by atoms with Gasteiger partial charge in [0.2, 0.25) is 0 Å². The second-order valence-corrected chi connectivity index (χ2v) is 6.43. The summed E-state index contributed by atoms with van der Waals surface area (Å²) in [5.41, 5.74) is 2.52. The van der Waals surface area contributed by atoms with Crippen molar-refractivity contribution in [2.24, 2.45) is 0 Å². The number of cyclic esters (lactones) is 1. The van der Waals surface area contributed by atoms with Crippen LogP contribution in [0.15, 0.2) is 18.2 Å². The first-order chi connectivity index (χ1) is 11.5. The van der Waals surface area contributed by atoms with E-state index < -0.39 is 6.61 Å². The minimum absolute atomic E-state index is 0.254. The van der Waals surface area contributed by atoms with Gasteiger partial charge in [-0.15, -0.1) is 0 Å². The molecule has 1 fully saturated rings. The van der Waals surface area contributed by atoms with E-state index in [1.54, 1.807) is 22.8 Å². The molecule has 2 aliphatic heterocycles. The standard InChI is InChI=1S/C16H19N3O4S/c1-10(24)17-7-13-8-19(16(22)23-13)12-2-3-14-11(6-12)4-5-18(14)15(21)9-20/h2-3,6,13,20H,4-5,7-9H2,1H3,(H,17,24)/t13-/m0/s1. The second-order valence-electron chi connectivity index (χ2n) is 5.82. The number of rotatable bonds is 4. The van der Waals surface area contributed by atoms with Crippen LogP contribution in [-0.4, -0.2) is 54.4 Å². The molecule has 0 radical (unpaired) electrons. The predicted molar refractivity (Wildman–Crippen MR) is 93.5 cm³/mol. The molecule has 0 saturated carbocycles. The van der Waals surface area contributed by atoms with Gasteiger partial charge in [0.25, 0.3) is 5.91 Å². The van der Waals surface area contributed by atoms with E-state index in [9.17, 15) is 9.59 Å². The van der Waals surface area contributed by atoms with Crippen LogP contribution in [0.5, 0.6) is 0 Å². The van der Waals surface area contributed by atoms with Crippen LogP contribution in [0.3, 0.4) is 0 Å². The lowest BCUT2D eigenvalue weighted by Gasteiger charge is -2.18. The van der Waals surface area contributed by atoms with Crippen LogP contribution >= 0.6 is 12.2 Å². The van der Waals surface area contributed by atoms with Crippen molar-refractivity contribution < 1.29 is 19.4 Å². The number of nitrogens with one attached hydrogen (secondary N) is 1. The molecule has 0 unspecified atom stereocenters. The number of nitrogens with zero attached hydrogens (tertiary/aromatic N) is 2. The SMILES string of the molecule is CC(=S)NC[C@H]1CN(c2ccc3c(c2)CCN3C(=O)CO)C(=O)O1. The maximum absolute atomic E-state index is 12.1. The third-order valence-corrected chi connectivity index (χ3v) is 4.30. The van der Waals surface area contributed by atoms with Gasteiger partial charge in [-0.05, 0) is 37.1 Å². The molecule has 3 rings (SSSR count). The molecule has 7 nitrogen and oxygen atoms in total. The first-order valence-electron chi connectivity index (χ1n) is 7.76. The molecule has 1 atom stereocenters. The number of carbonyl (C=O) groups excluding carboxylic acids is 2. The number of fused-ring (bicyclic) bond motifs is 1. The summed E-state index contributed by atoms with van der Waals surface area (Å²) in [6, 6.07) is 5.51. The van der Waals surface area contributed by atoms with E-state index >= 15 is 0 Å². The van der Waals surface area contributed by atoms with Crippen molar-refractivity contribution in [3.05, 3.63) is 23.8 Å². The van der Waals surface area contributed by atoms with Crippen LogP contribution in [-0.2, 0) is 16.0 Å². The summed E-state index contributed by atoms with van der Waals surface area (Å²) in [5, 5.41) is 12.0. The number of hydrogen-bond donors (Lipinski definition) is 2. The Morgan fingerprint density at radius 2 is 2.29 bits per heavy atom. The highest BCUT2D eigenvalue weighted by Crippen LogP contribution is 2.33. The van der Waals surface area contributed by atoms with Gasteiger partial charge < -0.3 is 20.1 Å². The normalized spacial score (nSPS) is 19.2. The largest absolute Gasteiger partial charge is 0.442 e. The number of aliphatic hydroxyl groups is 1. The topological polar surface area (TPSA) is 82.1 Å². The molecule has 1 aromatic carbocycles. The van der Waals surface area contributed by atoms with E-state index in [0.29, 0.717) is 31.0 Å². The zero-order valence-electron chi connectivity index (χ0n) is 13.3. The molecular formula is C16H19N3O4S. The van der Waals surface area contributed by atoms with Gasteiger partial charge in [0.15, 0.2) is 0 Å². The van der Waals surface area contributed by atoms with Crippen molar-refractivity contribution >= 4 is 40.6 Å². The first kappa shape index (κ1) is 16.7. The van der Waals surface area contributed by atoms with Gasteiger partial charge in [-0.2, -0.15) is 0 Å². The summed E-state index contributed by atoms with van der Waals surface area (Å²) in [6.07, 6.45) is 0.0635. The molecule has 1 aromatic rings. The summed E-state index contributed by atoms with van der Waals surface area (Å²) < 4.78 is 5.34. The number of amides is 2. The van der Waals surface area contributed by atoms with Crippen LogP contribution in [0.25, 0.3) is 0 Å². The second kappa shape index (κ2) is 6.74. The van der Waals surface area contributed by atoms with E-state index in [1.165, 1.54) is 0 Å². The number of benzene rings is 1. The molecular weight excluding hydrogens is 330 g/mol. The van der Waals surface area contributed by atoms with Gasteiger partial charge in [0.05, 0.1) is 18.1 Å². The fourth-order valence-corrected chi connectivity index (χ4v) is 3.08. The summed E-state index contributed by atoms with van der Waals surface area (Å²) in [6.45, 7) is 2.76. The van der Waals surface area contributed by atoms with Crippen molar-refractivity contribution in [2.45, 2.75) is 19.4 Å². The minimum Gasteiger partial charge on any atom is -0.442 e. The Labute approximate surface area is 145 Å². The van der Waals surface area contributed by atoms with Crippen LogP contribution in [0.2, 0.25) is 0 Å². The Morgan fingerprint density at radius 3 is 3.00 bits per heavy atom. The molecule has 8 heteroatoms. The third-order valence-electron chi connectivity index (χ3n) is 4.16. The van der Waals surface area contributed by atoms with Crippen molar-refractivity contribution in [2.75, 3.05) is 36.0 Å². The van der Waals surface area contributed by atoms with E-state index in [0.717, 1.165) is 16.9 Å². The van der Waals surface area contributed by atoms with E-state index in [1.807, 2.05) is 12.1 Å². The van der Waals surface area contributed by atoms with Gasteiger partial charge >= 0.3 is 6.09 Å². The highest BCUT2D eigenvalue weighted by molar-refractivity contribution is 7.80. The summed E-state index contributed by atoms with van der Waals surface area (Å²) in [4.78, 5) is 27.6. The van der Waals surface area contributed by atoms with Crippen molar-refractivity contribution in [3.8, 4) is 0 Å². The number of ether oxygens (including phenoxy) is 1. The molecule has 0 aliphatic carbocycles. The van der Waals surface area contributed by atoms with Gasteiger partial charge in [-0.3, -0.25) is 9.69 Å². The highest BCUT2D eigenvalue weighted by atomic mass is 32.1. The number of hydrogen-bond acceptors (Lipinski definition) is 5. The lowest BCUT2D eigenvalue weighted by Crippen LogP contribution is -2.32. The highest BCUT2D eigenvalue weighted by Gasteiger charge is 2.33. The maximum atomic E-state index is 12.1. The molecule has 0 spiro atoms. The van der Waals surface area contributed by atoms with Crippen LogP contribution in [0.4, 0.5) is 16.2 Å². The maximum Gasteiger partial charge on any atom is 0.414 e. The van der Waals surface area contributed by atoms with E-state index in [4.69, 9.17) is 22.1 Å². The molecule has 2 aliphatic rings. The molecule has 1 saturated heterocycles. The van der Waals surface area contributed by atoms with Gasteiger partial charge in [0, 0.05) is 17.9 Å². The zero-order chi connectivity index (χ0) is 17.3. The number of thiocarbonyl (C=S) groups is 1. The number of aliphatic hydroxyl groups excluding tert-OH is 1. The average Bonchev–Trinajstić information content (AvgIpc) is 3.15. The Kier molecular flexibility index (Phi) is 4.68. The monoisotopic (exact) mass is 349 g/mol. The van der Waals surface area contributed by atoms with Gasteiger partial charge in [-0.25, -0.2) is 4.79 Å². The van der Waals surface area contributed by atoms with Gasteiger partial charge in [0.1, 0.15) is 12.7 Å². The van der Waals surface area contributed by atoms with Crippen LogP contribution in [0, 0.1) is 0 Å². The molecule has 0 aromatic heterocycles. The minimum atomic E-state index is -0.506. The summed E-state index contributed by atoms with van der Waals surface area (Å²) >= 11 is 4.96. The molecule has 2 N–H and O–H groups in total. The summed E-state index contributed by atoms with van der Waals surface area (Å²) in [5.74, 6) is -0.316. The fourth-order valence-electron chi connectivity index (χ4n) is 3.00. The molecule has 0 bridgehead atoms. The molecule has 128 valence electrons. The fraction of sp³-hybridized carbons (Fsp3) is 0.438. The van der Waals surface area contributed by atoms with Gasteiger partial charge in [-0.1, -0.05) is 12.2 Å². The molecule has 24 heavy (non-hydrogen) atoms. The number of anilines is 2. The van der Waals surface area contributed by atoms with Crippen molar-refractivity contribution in [3.63, 3.8) is 0 Å².